The van der Waals surface area contributed by atoms with Crippen molar-refractivity contribution in [1.29, 1.82) is 0 Å². The molecule has 0 bridgehead atoms. The summed E-state index contributed by atoms with van der Waals surface area (Å²) in [6.07, 6.45) is 0.397. The van der Waals surface area contributed by atoms with E-state index in [1.807, 2.05) is 35.4 Å². The Labute approximate surface area is 158 Å². The maximum atomic E-state index is 12.5. The summed E-state index contributed by atoms with van der Waals surface area (Å²) in [6, 6.07) is 5.85. The third kappa shape index (κ3) is 4.53. The van der Waals surface area contributed by atoms with E-state index in [2.05, 4.69) is 9.88 Å². The first-order chi connectivity index (χ1) is 12.6. The van der Waals surface area contributed by atoms with Gasteiger partial charge < -0.3 is 14.4 Å². The Morgan fingerprint density at radius 3 is 2.58 bits per heavy atom. The number of thiazole rings is 1. The van der Waals surface area contributed by atoms with E-state index in [-0.39, 0.29) is 5.91 Å². The van der Waals surface area contributed by atoms with E-state index in [1.165, 1.54) is 0 Å². The van der Waals surface area contributed by atoms with Crippen molar-refractivity contribution >= 4 is 17.2 Å². The Kier molecular flexibility index (Phi) is 6.11. The number of ether oxygens (including phenoxy) is 2. The number of hydrogen-bond donors (Lipinski definition) is 0. The first-order valence-corrected chi connectivity index (χ1v) is 9.59. The summed E-state index contributed by atoms with van der Waals surface area (Å²) in [7, 11) is 3.35. The van der Waals surface area contributed by atoms with Crippen molar-refractivity contribution in [3.63, 3.8) is 0 Å². The number of hydrogen-bond acceptors (Lipinski definition) is 6. The predicted molar refractivity (Wildman–Crippen MR) is 102 cm³/mol. The van der Waals surface area contributed by atoms with Crippen LogP contribution in [-0.2, 0) is 17.8 Å². The van der Waals surface area contributed by atoms with E-state index in [0.717, 1.165) is 60.5 Å². The Morgan fingerprint density at radius 1 is 1.19 bits per heavy atom. The molecule has 7 heteroatoms. The average molecular weight is 375 g/mol. The summed E-state index contributed by atoms with van der Waals surface area (Å²) < 4.78 is 10.8. The molecule has 1 amide bonds. The van der Waals surface area contributed by atoms with Crippen LogP contribution in [0.4, 0.5) is 0 Å². The molecule has 0 N–H and O–H groups in total. The average Bonchev–Trinajstić information content (AvgIpc) is 3.07. The van der Waals surface area contributed by atoms with Gasteiger partial charge in [0.25, 0.3) is 0 Å². The highest BCUT2D eigenvalue weighted by Gasteiger charge is 2.22. The molecule has 2 aromatic rings. The van der Waals surface area contributed by atoms with Gasteiger partial charge in [-0.15, -0.1) is 11.3 Å². The molecular formula is C19H25N3O3S. The van der Waals surface area contributed by atoms with E-state index in [4.69, 9.17) is 9.47 Å². The van der Waals surface area contributed by atoms with Gasteiger partial charge in [-0.3, -0.25) is 9.69 Å². The molecule has 26 heavy (non-hydrogen) atoms. The van der Waals surface area contributed by atoms with Gasteiger partial charge >= 0.3 is 0 Å². The van der Waals surface area contributed by atoms with Crippen LogP contribution in [0.1, 0.15) is 16.3 Å². The molecular weight excluding hydrogens is 350 g/mol. The normalized spacial score (nSPS) is 15.1. The summed E-state index contributed by atoms with van der Waals surface area (Å²) >= 11 is 1.59. The lowest BCUT2D eigenvalue weighted by Crippen LogP contribution is -2.48. The summed E-state index contributed by atoms with van der Waals surface area (Å²) in [6.45, 7) is 5.94. The monoisotopic (exact) mass is 375 g/mol. The van der Waals surface area contributed by atoms with E-state index in [0.29, 0.717) is 6.42 Å². The van der Waals surface area contributed by atoms with E-state index in [9.17, 15) is 4.79 Å². The number of carbonyl (C=O) groups is 1. The van der Waals surface area contributed by atoms with Crippen LogP contribution >= 0.6 is 11.3 Å². The highest BCUT2D eigenvalue weighted by Crippen LogP contribution is 2.25. The van der Waals surface area contributed by atoms with Crippen molar-refractivity contribution in [2.24, 2.45) is 0 Å². The fourth-order valence-electron chi connectivity index (χ4n) is 3.16. The van der Waals surface area contributed by atoms with E-state index >= 15 is 0 Å². The molecule has 1 fully saturated rings. The van der Waals surface area contributed by atoms with Crippen LogP contribution in [-0.4, -0.2) is 61.1 Å². The molecule has 1 aromatic carbocycles. The number of nitrogens with zero attached hydrogens (tertiary/aromatic N) is 3. The van der Waals surface area contributed by atoms with Crippen LogP contribution in [0.5, 0.6) is 11.5 Å². The molecule has 0 radical (unpaired) electrons. The first-order valence-electron chi connectivity index (χ1n) is 8.71. The van der Waals surface area contributed by atoms with Crippen LogP contribution in [0.3, 0.4) is 0 Å². The molecule has 3 rings (SSSR count). The summed E-state index contributed by atoms with van der Waals surface area (Å²) in [4.78, 5) is 21.1. The standard InChI is InChI=1S/C19H25N3O3S/c1-14-20-16(13-26-14)11-19(23)22-8-6-21(7-9-22)12-15-10-17(24-2)4-5-18(15)25-3/h4-5,10,13H,6-9,11-12H2,1-3H3. The molecule has 1 aliphatic rings. The van der Waals surface area contributed by atoms with Crippen LogP contribution in [0, 0.1) is 6.92 Å². The lowest BCUT2D eigenvalue weighted by Gasteiger charge is -2.35. The number of amides is 1. The lowest BCUT2D eigenvalue weighted by molar-refractivity contribution is -0.132. The summed E-state index contributed by atoms with van der Waals surface area (Å²) in [5.74, 6) is 1.85. The van der Waals surface area contributed by atoms with Gasteiger partial charge in [0.15, 0.2) is 0 Å². The number of methoxy groups -OCH3 is 2. The third-order valence-electron chi connectivity index (χ3n) is 4.61. The molecule has 140 valence electrons. The van der Waals surface area contributed by atoms with Gasteiger partial charge in [-0.1, -0.05) is 0 Å². The number of rotatable bonds is 6. The third-order valence-corrected chi connectivity index (χ3v) is 5.43. The maximum absolute atomic E-state index is 12.5. The molecule has 2 heterocycles. The zero-order valence-electron chi connectivity index (χ0n) is 15.5. The SMILES string of the molecule is COc1ccc(OC)c(CN2CCN(C(=O)Cc3csc(C)n3)CC2)c1. The van der Waals surface area contributed by atoms with Crippen molar-refractivity contribution in [2.45, 2.75) is 19.9 Å². The predicted octanol–water partition coefficient (Wildman–Crippen LogP) is 2.36. The largest absolute Gasteiger partial charge is 0.497 e. The van der Waals surface area contributed by atoms with Crippen LogP contribution in [0.15, 0.2) is 23.6 Å². The number of aryl methyl sites for hydroxylation is 1. The molecule has 1 saturated heterocycles. The van der Waals surface area contributed by atoms with Crippen molar-refractivity contribution in [3.05, 3.63) is 39.8 Å². The lowest BCUT2D eigenvalue weighted by atomic mass is 10.1. The molecule has 0 aliphatic carbocycles. The van der Waals surface area contributed by atoms with Gasteiger partial charge in [-0.25, -0.2) is 4.98 Å². The number of piperazine rings is 1. The van der Waals surface area contributed by atoms with Crippen molar-refractivity contribution in [2.75, 3.05) is 40.4 Å². The fraction of sp³-hybridized carbons (Fsp3) is 0.474. The molecule has 0 atom stereocenters. The molecule has 6 nitrogen and oxygen atoms in total. The second kappa shape index (κ2) is 8.51. The second-order valence-corrected chi connectivity index (χ2v) is 7.43. The highest BCUT2D eigenvalue weighted by atomic mass is 32.1. The van der Waals surface area contributed by atoms with Gasteiger partial charge in [-0.2, -0.15) is 0 Å². The van der Waals surface area contributed by atoms with Gasteiger partial charge in [0, 0.05) is 43.7 Å². The fourth-order valence-corrected chi connectivity index (χ4v) is 3.77. The quantitative estimate of drug-likeness (QED) is 0.776. The maximum Gasteiger partial charge on any atom is 0.228 e. The molecule has 0 saturated carbocycles. The van der Waals surface area contributed by atoms with Gasteiger partial charge in [0.1, 0.15) is 11.5 Å². The van der Waals surface area contributed by atoms with Crippen LogP contribution < -0.4 is 9.47 Å². The number of benzene rings is 1. The van der Waals surface area contributed by atoms with Crippen molar-refractivity contribution < 1.29 is 14.3 Å². The van der Waals surface area contributed by atoms with Crippen LogP contribution in [0.25, 0.3) is 0 Å². The Balaban J connectivity index is 1.54. The summed E-state index contributed by atoms with van der Waals surface area (Å²) in [5.41, 5.74) is 1.98. The van der Waals surface area contributed by atoms with E-state index < -0.39 is 0 Å². The Hall–Kier alpha value is -2.12. The Morgan fingerprint density at radius 2 is 1.96 bits per heavy atom. The van der Waals surface area contributed by atoms with Crippen LogP contribution in [0.2, 0.25) is 0 Å². The number of carbonyl (C=O) groups excluding carboxylic acids is 1. The zero-order valence-corrected chi connectivity index (χ0v) is 16.3. The van der Waals surface area contributed by atoms with Crippen molar-refractivity contribution in [3.8, 4) is 11.5 Å². The minimum absolute atomic E-state index is 0.161. The van der Waals surface area contributed by atoms with Crippen molar-refractivity contribution in [1.82, 2.24) is 14.8 Å². The number of aromatic nitrogens is 1. The van der Waals surface area contributed by atoms with Gasteiger partial charge in [-0.05, 0) is 25.1 Å². The molecule has 1 aliphatic heterocycles. The topological polar surface area (TPSA) is 54.9 Å². The smallest absolute Gasteiger partial charge is 0.228 e. The Bertz CT molecular complexity index is 754. The first kappa shape index (κ1) is 18.7. The molecule has 1 aromatic heterocycles. The summed E-state index contributed by atoms with van der Waals surface area (Å²) in [5, 5.41) is 2.98. The minimum Gasteiger partial charge on any atom is -0.497 e. The van der Waals surface area contributed by atoms with Gasteiger partial charge in [0.2, 0.25) is 5.91 Å². The molecule has 0 unspecified atom stereocenters. The van der Waals surface area contributed by atoms with E-state index in [1.54, 1.807) is 25.6 Å². The highest BCUT2D eigenvalue weighted by molar-refractivity contribution is 7.09. The second-order valence-electron chi connectivity index (χ2n) is 6.37. The minimum atomic E-state index is 0.161. The zero-order chi connectivity index (χ0) is 18.5. The molecule has 0 spiro atoms. The van der Waals surface area contributed by atoms with Gasteiger partial charge in [0.05, 0.1) is 31.3 Å².